The van der Waals surface area contributed by atoms with Gasteiger partial charge in [-0.1, -0.05) is 30.3 Å². The quantitative estimate of drug-likeness (QED) is 0.800. The molecule has 1 N–H and O–H groups in total. The number of benzene rings is 2. The highest BCUT2D eigenvalue weighted by Crippen LogP contribution is 2.19. The Morgan fingerprint density at radius 1 is 1.17 bits per heavy atom. The zero-order valence-corrected chi connectivity index (χ0v) is 13.3. The van der Waals surface area contributed by atoms with E-state index in [1.165, 1.54) is 16.9 Å². The topological polar surface area (TPSA) is 72.7 Å². The minimum atomic E-state index is -0.378. The van der Waals surface area contributed by atoms with Gasteiger partial charge in [0.25, 0.3) is 0 Å². The number of halogens is 1. The highest BCUT2D eigenvalue weighted by Gasteiger charge is 2.11. The van der Waals surface area contributed by atoms with Gasteiger partial charge >= 0.3 is 0 Å². The number of aryl methyl sites for hydroxylation is 2. The van der Waals surface area contributed by atoms with E-state index in [-0.39, 0.29) is 24.1 Å². The first-order valence-electron chi connectivity index (χ1n) is 7.43. The Labute approximate surface area is 138 Å². The van der Waals surface area contributed by atoms with Gasteiger partial charge in [0, 0.05) is 11.3 Å². The number of nitrogens with one attached hydrogen (secondary N) is 1. The maximum absolute atomic E-state index is 13.2. The maximum Gasteiger partial charge on any atom is 0.248 e. The Kier molecular flexibility index (Phi) is 4.33. The second-order valence-electron chi connectivity index (χ2n) is 5.47. The zero-order chi connectivity index (χ0) is 17.1. The zero-order valence-electron chi connectivity index (χ0n) is 13.3. The molecule has 1 heterocycles. The van der Waals surface area contributed by atoms with Crippen LogP contribution in [0.2, 0.25) is 0 Å². The lowest BCUT2D eigenvalue weighted by atomic mass is 10.1. The van der Waals surface area contributed by atoms with Crippen LogP contribution in [-0.2, 0) is 11.3 Å². The highest BCUT2D eigenvalue weighted by atomic mass is 19.1. The fraction of sp³-hybridized carbons (Fsp3) is 0.176. The summed E-state index contributed by atoms with van der Waals surface area (Å²) >= 11 is 0. The Bertz CT molecular complexity index is 870. The largest absolute Gasteiger partial charge is 0.324 e. The van der Waals surface area contributed by atoms with Gasteiger partial charge in [0.1, 0.15) is 12.4 Å². The van der Waals surface area contributed by atoms with Crippen LogP contribution in [0, 0.1) is 19.7 Å². The molecular formula is C17H16FN5O. The number of carbonyl (C=O) groups is 1. The average Bonchev–Trinajstić information content (AvgIpc) is 2.99. The van der Waals surface area contributed by atoms with E-state index in [1.54, 1.807) is 12.1 Å². The number of nitrogens with zero attached hydrogens (tertiary/aromatic N) is 4. The van der Waals surface area contributed by atoms with Gasteiger partial charge in [0.05, 0.1) is 0 Å². The first-order valence-corrected chi connectivity index (χ1v) is 7.43. The Balaban J connectivity index is 1.72. The molecule has 0 saturated carbocycles. The van der Waals surface area contributed by atoms with E-state index in [9.17, 15) is 9.18 Å². The molecule has 0 unspecified atom stereocenters. The van der Waals surface area contributed by atoms with Crippen molar-refractivity contribution in [2.75, 3.05) is 5.32 Å². The SMILES string of the molecule is Cc1cccc(C)c1NC(=O)Cn1nnc(-c2cccc(F)c2)n1. The number of aromatic nitrogens is 4. The molecule has 0 aliphatic rings. The fourth-order valence-electron chi connectivity index (χ4n) is 2.37. The third-order valence-electron chi connectivity index (χ3n) is 3.57. The standard InChI is InChI=1S/C17H16FN5O/c1-11-5-3-6-12(2)16(11)19-15(24)10-23-21-17(20-22-23)13-7-4-8-14(18)9-13/h3-9H,10H2,1-2H3,(H,19,24). The van der Waals surface area contributed by atoms with Crippen LogP contribution < -0.4 is 5.32 Å². The molecule has 0 atom stereocenters. The predicted octanol–water partition coefficient (Wildman–Crippen LogP) is 2.73. The second-order valence-corrected chi connectivity index (χ2v) is 5.47. The van der Waals surface area contributed by atoms with Gasteiger partial charge < -0.3 is 5.32 Å². The van der Waals surface area contributed by atoms with E-state index < -0.39 is 0 Å². The number of rotatable bonds is 4. The van der Waals surface area contributed by atoms with Crippen LogP contribution in [0.3, 0.4) is 0 Å². The van der Waals surface area contributed by atoms with Gasteiger partial charge in [-0.25, -0.2) is 4.39 Å². The molecule has 3 rings (SSSR count). The minimum absolute atomic E-state index is 0.0733. The smallest absolute Gasteiger partial charge is 0.248 e. The van der Waals surface area contributed by atoms with Gasteiger partial charge in [0.15, 0.2) is 0 Å². The summed E-state index contributed by atoms with van der Waals surface area (Å²) in [6.45, 7) is 3.78. The number of hydrogen-bond acceptors (Lipinski definition) is 4. The summed E-state index contributed by atoms with van der Waals surface area (Å²) in [7, 11) is 0. The first-order chi connectivity index (χ1) is 11.5. The van der Waals surface area contributed by atoms with Gasteiger partial charge in [-0.05, 0) is 42.3 Å². The first kappa shape index (κ1) is 15.8. The van der Waals surface area contributed by atoms with Crippen molar-refractivity contribution in [1.82, 2.24) is 20.2 Å². The molecule has 6 nitrogen and oxygen atoms in total. The lowest BCUT2D eigenvalue weighted by Gasteiger charge is -2.10. The fourth-order valence-corrected chi connectivity index (χ4v) is 2.37. The van der Waals surface area contributed by atoms with Crippen LogP contribution in [0.5, 0.6) is 0 Å². The van der Waals surface area contributed by atoms with Crippen molar-refractivity contribution in [3.05, 3.63) is 59.4 Å². The van der Waals surface area contributed by atoms with Gasteiger partial charge in [0.2, 0.25) is 11.7 Å². The molecule has 7 heteroatoms. The molecular weight excluding hydrogens is 309 g/mol. The minimum Gasteiger partial charge on any atom is -0.324 e. The van der Waals surface area contributed by atoms with E-state index >= 15 is 0 Å². The lowest BCUT2D eigenvalue weighted by molar-refractivity contribution is -0.117. The summed E-state index contributed by atoms with van der Waals surface area (Å²) < 4.78 is 13.2. The van der Waals surface area contributed by atoms with Crippen molar-refractivity contribution in [1.29, 1.82) is 0 Å². The normalized spacial score (nSPS) is 10.6. The van der Waals surface area contributed by atoms with Crippen LogP contribution in [-0.4, -0.2) is 26.1 Å². The number of anilines is 1. The second kappa shape index (κ2) is 6.57. The Hall–Kier alpha value is -3.09. The molecule has 2 aromatic carbocycles. The van der Waals surface area contributed by atoms with Crippen molar-refractivity contribution in [3.63, 3.8) is 0 Å². The predicted molar refractivity (Wildman–Crippen MR) is 87.8 cm³/mol. The van der Waals surface area contributed by atoms with E-state index in [1.807, 2.05) is 32.0 Å². The number of amides is 1. The van der Waals surface area contributed by atoms with Gasteiger partial charge in [-0.15, -0.1) is 10.2 Å². The molecule has 0 bridgehead atoms. The summed E-state index contributed by atoms with van der Waals surface area (Å²) in [4.78, 5) is 13.4. The maximum atomic E-state index is 13.2. The molecule has 0 aliphatic carbocycles. The molecule has 0 aliphatic heterocycles. The Morgan fingerprint density at radius 3 is 2.58 bits per heavy atom. The van der Waals surface area contributed by atoms with E-state index in [2.05, 4.69) is 20.7 Å². The molecule has 0 spiro atoms. The molecule has 0 fully saturated rings. The molecule has 1 aromatic heterocycles. The van der Waals surface area contributed by atoms with Crippen molar-refractivity contribution >= 4 is 11.6 Å². The van der Waals surface area contributed by atoms with E-state index in [4.69, 9.17) is 0 Å². The number of hydrogen-bond donors (Lipinski definition) is 1. The summed E-state index contributed by atoms with van der Waals surface area (Å²) in [5.74, 6) is -0.360. The average molecular weight is 325 g/mol. The van der Waals surface area contributed by atoms with Crippen LogP contribution in [0.4, 0.5) is 10.1 Å². The third-order valence-corrected chi connectivity index (χ3v) is 3.57. The Morgan fingerprint density at radius 2 is 1.88 bits per heavy atom. The molecule has 3 aromatic rings. The molecule has 0 saturated heterocycles. The van der Waals surface area contributed by atoms with Crippen LogP contribution in [0.15, 0.2) is 42.5 Å². The van der Waals surface area contributed by atoms with Crippen molar-refractivity contribution in [2.24, 2.45) is 0 Å². The monoisotopic (exact) mass is 325 g/mol. The van der Waals surface area contributed by atoms with Crippen LogP contribution in [0.1, 0.15) is 11.1 Å². The number of para-hydroxylation sites is 1. The molecule has 0 radical (unpaired) electrons. The van der Waals surface area contributed by atoms with Gasteiger partial charge in [-0.3, -0.25) is 4.79 Å². The van der Waals surface area contributed by atoms with E-state index in [0.29, 0.717) is 5.56 Å². The van der Waals surface area contributed by atoms with Crippen molar-refractivity contribution in [2.45, 2.75) is 20.4 Å². The summed E-state index contributed by atoms with van der Waals surface area (Å²) in [5, 5.41) is 14.7. The summed E-state index contributed by atoms with van der Waals surface area (Å²) in [6.07, 6.45) is 0. The highest BCUT2D eigenvalue weighted by molar-refractivity contribution is 5.92. The van der Waals surface area contributed by atoms with Crippen molar-refractivity contribution < 1.29 is 9.18 Å². The number of carbonyl (C=O) groups excluding carboxylic acids is 1. The summed E-state index contributed by atoms with van der Waals surface area (Å²) in [6, 6.07) is 11.7. The lowest BCUT2D eigenvalue weighted by Crippen LogP contribution is -2.21. The third kappa shape index (κ3) is 3.45. The number of tetrazole rings is 1. The van der Waals surface area contributed by atoms with E-state index in [0.717, 1.165) is 16.8 Å². The van der Waals surface area contributed by atoms with Gasteiger partial charge in [-0.2, -0.15) is 4.80 Å². The molecule has 122 valence electrons. The van der Waals surface area contributed by atoms with Crippen molar-refractivity contribution in [3.8, 4) is 11.4 Å². The van der Waals surface area contributed by atoms with Crippen LogP contribution in [0.25, 0.3) is 11.4 Å². The van der Waals surface area contributed by atoms with Crippen LogP contribution >= 0.6 is 0 Å². The molecule has 1 amide bonds. The molecule has 24 heavy (non-hydrogen) atoms. The summed E-state index contributed by atoms with van der Waals surface area (Å²) in [5.41, 5.74) is 3.26.